The summed E-state index contributed by atoms with van der Waals surface area (Å²) in [4.78, 5) is 1.29. The van der Waals surface area contributed by atoms with Crippen LogP contribution in [0, 0.1) is 0 Å². The van der Waals surface area contributed by atoms with Crippen LogP contribution >= 0.6 is 22.9 Å². The number of rotatable bonds is 5. The summed E-state index contributed by atoms with van der Waals surface area (Å²) in [5.74, 6) is 0.311. The molecule has 2 aromatic rings. The zero-order valence-corrected chi connectivity index (χ0v) is 11.8. The number of halogens is 1. The van der Waals surface area contributed by atoms with E-state index in [0.717, 1.165) is 22.9 Å². The fourth-order valence-corrected chi connectivity index (χ4v) is 2.90. The van der Waals surface area contributed by atoms with Gasteiger partial charge in [-0.3, -0.25) is 0 Å². The van der Waals surface area contributed by atoms with E-state index in [1.54, 1.807) is 23.5 Å². The molecule has 2 nitrogen and oxygen atoms in total. The minimum Gasteiger partial charge on any atom is -0.508 e. The Kier molecular flexibility index (Phi) is 4.64. The second kappa shape index (κ2) is 6.23. The monoisotopic (exact) mass is 281 g/mol. The minimum atomic E-state index is 0.229. The van der Waals surface area contributed by atoms with Crippen LogP contribution in [0.5, 0.6) is 5.75 Å². The molecular formula is C14H16ClNOS. The molecule has 1 aromatic carbocycles. The van der Waals surface area contributed by atoms with E-state index in [1.807, 2.05) is 18.2 Å². The molecule has 96 valence electrons. The molecule has 0 fully saturated rings. The second-order valence-electron chi connectivity index (χ2n) is 4.23. The summed E-state index contributed by atoms with van der Waals surface area (Å²) in [6.07, 6.45) is 0.973. The molecule has 4 heteroatoms. The zero-order chi connectivity index (χ0) is 13.0. The van der Waals surface area contributed by atoms with Crippen molar-refractivity contribution in [3.8, 4) is 5.75 Å². The maximum atomic E-state index is 9.43. The highest BCUT2D eigenvalue weighted by molar-refractivity contribution is 7.16. The Morgan fingerprint density at radius 1 is 1.33 bits per heavy atom. The highest BCUT2D eigenvalue weighted by atomic mass is 35.5. The van der Waals surface area contributed by atoms with Gasteiger partial charge >= 0.3 is 0 Å². The van der Waals surface area contributed by atoms with Crippen molar-refractivity contribution >= 4 is 22.9 Å². The summed E-state index contributed by atoms with van der Waals surface area (Å²) >= 11 is 7.51. The van der Waals surface area contributed by atoms with Crippen LogP contribution in [0.3, 0.4) is 0 Å². The van der Waals surface area contributed by atoms with Crippen LogP contribution < -0.4 is 5.32 Å². The van der Waals surface area contributed by atoms with Gasteiger partial charge in [-0.05, 0) is 43.2 Å². The van der Waals surface area contributed by atoms with Gasteiger partial charge in [0.1, 0.15) is 5.75 Å². The third kappa shape index (κ3) is 3.73. The van der Waals surface area contributed by atoms with Gasteiger partial charge in [0.15, 0.2) is 0 Å². The molecule has 18 heavy (non-hydrogen) atoms. The van der Waals surface area contributed by atoms with Crippen LogP contribution in [-0.2, 0) is 6.42 Å². The number of nitrogens with one attached hydrogen (secondary N) is 1. The Bertz CT molecular complexity index is 512. The molecule has 1 unspecified atom stereocenters. The fourth-order valence-electron chi connectivity index (χ4n) is 1.81. The Morgan fingerprint density at radius 3 is 2.83 bits per heavy atom. The van der Waals surface area contributed by atoms with Crippen molar-refractivity contribution in [2.24, 2.45) is 0 Å². The largest absolute Gasteiger partial charge is 0.508 e. The normalized spacial score (nSPS) is 12.6. The summed E-state index contributed by atoms with van der Waals surface area (Å²) in [7, 11) is 0. The summed E-state index contributed by atoms with van der Waals surface area (Å²) in [6.45, 7) is 2.99. The highest BCUT2D eigenvalue weighted by Gasteiger charge is 2.05. The Balaban J connectivity index is 1.83. The molecule has 0 bridgehead atoms. The lowest BCUT2D eigenvalue weighted by Crippen LogP contribution is -2.21. The number of phenols is 1. The number of hydrogen-bond acceptors (Lipinski definition) is 3. The fraction of sp³-hybridized carbons (Fsp3) is 0.286. The molecule has 2 N–H and O–H groups in total. The van der Waals surface area contributed by atoms with Gasteiger partial charge in [0.05, 0.1) is 4.34 Å². The lowest BCUT2D eigenvalue weighted by Gasteiger charge is -2.14. The Hall–Kier alpha value is -1.03. The molecule has 1 heterocycles. The molecule has 0 radical (unpaired) electrons. The van der Waals surface area contributed by atoms with E-state index in [9.17, 15) is 5.11 Å². The third-order valence-corrected chi connectivity index (χ3v) is 4.11. The third-order valence-electron chi connectivity index (χ3n) is 2.82. The topological polar surface area (TPSA) is 32.3 Å². The molecule has 1 aromatic heterocycles. The van der Waals surface area contributed by atoms with Gasteiger partial charge in [0, 0.05) is 17.5 Å². The zero-order valence-electron chi connectivity index (χ0n) is 10.2. The first-order valence-corrected chi connectivity index (χ1v) is 7.11. The maximum absolute atomic E-state index is 9.43. The van der Waals surface area contributed by atoms with Gasteiger partial charge in [0.25, 0.3) is 0 Å². The van der Waals surface area contributed by atoms with E-state index in [0.29, 0.717) is 5.75 Å². The van der Waals surface area contributed by atoms with Crippen LogP contribution in [0.2, 0.25) is 4.34 Å². The van der Waals surface area contributed by atoms with Gasteiger partial charge in [-0.15, -0.1) is 11.3 Å². The van der Waals surface area contributed by atoms with Crippen molar-refractivity contribution in [3.63, 3.8) is 0 Å². The summed E-state index contributed by atoms with van der Waals surface area (Å²) in [5.41, 5.74) is 1.10. The number of hydrogen-bond donors (Lipinski definition) is 2. The average Bonchev–Trinajstić information content (AvgIpc) is 2.75. The molecule has 0 aliphatic rings. The van der Waals surface area contributed by atoms with Crippen molar-refractivity contribution in [3.05, 3.63) is 51.2 Å². The second-order valence-corrected chi connectivity index (χ2v) is 6.03. The number of thiophene rings is 1. The maximum Gasteiger partial charge on any atom is 0.115 e. The quantitative estimate of drug-likeness (QED) is 0.868. The lowest BCUT2D eigenvalue weighted by molar-refractivity contribution is 0.472. The van der Waals surface area contributed by atoms with Crippen LogP contribution in [0.1, 0.15) is 23.4 Å². The molecule has 0 saturated heterocycles. The number of aromatic hydroxyl groups is 1. The van der Waals surface area contributed by atoms with Crippen molar-refractivity contribution in [2.45, 2.75) is 19.4 Å². The van der Waals surface area contributed by atoms with E-state index < -0.39 is 0 Å². The number of phenolic OH excluding ortho intramolecular Hbond substituents is 1. The number of benzene rings is 1. The Morgan fingerprint density at radius 2 is 2.17 bits per heavy atom. The van der Waals surface area contributed by atoms with Crippen molar-refractivity contribution in [1.82, 2.24) is 5.32 Å². The molecular weight excluding hydrogens is 266 g/mol. The van der Waals surface area contributed by atoms with Crippen molar-refractivity contribution in [1.29, 1.82) is 0 Å². The lowest BCUT2D eigenvalue weighted by atomic mass is 10.1. The predicted molar refractivity (Wildman–Crippen MR) is 77.6 cm³/mol. The summed E-state index contributed by atoms with van der Waals surface area (Å²) in [5, 5.41) is 12.9. The predicted octanol–water partition coefficient (Wildman–Crippen LogP) is 4.00. The van der Waals surface area contributed by atoms with E-state index in [-0.39, 0.29) is 6.04 Å². The summed E-state index contributed by atoms with van der Waals surface area (Å²) < 4.78 is 0.839. The van der Waals surface area contributed by atoms with E-state index >= 15 is 0 Å². The van der Waals surface area contributed by atoms with Crippen LogP contribution in [0.4, 0.5) is 0 Å². The standard InChI is InChI=1S/C14H16ClNOS/c1-10(11-3-2-4-12(17)9-11)16-8-7-13-5-6-14(15)18-13/h2-6,9-10,16-17H,7-8H2,1H3. The van der Waals surface area contributed by atoms with E-state index in [1.165, 1.54) is 4.88 Å². The van der Waals surface area contributed by atoms with Gasteiger partial charge in [0.2, 0.25) is 0 Å². The first-order chi connectivity index (χ1) is 8.65. The van der Waals surface area contributed by atoms with Gasteiger partial charge in [-0.25, -0.2) is 0 Å². The highest BCUT2D eigenvalue weighted by Crippen LogP contribution is 2.22. The summed E-state index contributed by atoms with van der Waals surface area (Å²) in [6, 6.07) is 11.6. The molecule has 0 aliphatic carbocycles. The smallest absolute Gasteiger partial charge is 0.115 e. The van der Waals surface area contributed by atoms with Gasteiger partial charge in [-0.1, -0.05) is 23.7 Å². The first kappa shape index (κ1) is 13.4. The molecule has 1 atom stereocenters. The van der Waals surface area contributed by atoms with Crippen LogP contribution in [0.15, 0.2) is 36.4 Å². The molecule has 0 saturated carbocycles. The first-order valence-electron chi connectivity index (χ1n) is 5.91. The molecule has 0 aliphatic heterocycles. The van der Waals surface area contributed by atoms with Crippen LogP contribution in [0.25, 0.3) is 0 Å². The molecule has 0 amide bonds. The van der Waals surface area contributed by atoms with E-state index in [4.69, 9.17) is 11.6 Å². The van der Waals surface area contributed by atoms with Crippen LogP contribution in [-0.4, -0.2) is 11.7 Å². The van der Waals surface area contributed by atoms with Crippen molar-refractivity contribution in [2.75, 3.05) is 6.54 Å². The van der Waals surface area contributed by atoms with Gasteiger partial charge < -0.3 is 10.4 Å². The van der Waals surface area contributed by atoms with Crippen molar-refractivity contribution < 1.29 is 5.11 Å². The minimum absolute atomic E-state index is 0.229. The van der Waals surface area contributed by atoms with Gasteiger partial charge in [-0.2, -0.15) is 0 Å². The molecule has 0 spiro atoms. The average molecular weight is 282 g/mol. The Labute approximate surface area is 116 Å². The van der Waals surface area contributed by atoms with E-state index in [2.05, 4.69) is 18.3 Å². The SMILES string of the molecule is CC(NCCc1ccc(Cl)s1)c1cccc(O)c1. The molecule has 2 rings (SSSR count).